The Hall–Kier alpha value is -1.30. The number of nitrogens with zero attached hydrogens (tertiary/aromatic N) is 1. The molecule has 0 amide bonds. The third kappa shape index (κ3) is 3.62. The van der Waals surface area contributed by atoms with Gasteiger partial charge in [-0.1, -0.05) is 12.1 Å². The topological polar surface area (TPSA) is 15.3 Å². The summed E-state index contributed by atoms with van der Waals surface area (Å²) in [5.74, 6) is -0.206. The van der Waals surface area contributed by atoms with Gasteiger partial charge in [0.1, 0.15) is 5.82 Å². The van der Waals surface area contributed by atoms with Gasteiger partial charge in [-0.25, -0.2) is 4.39 Å². The molecule has 0 fully saturated rings. The van der Waals surface area contributed by atoms with Gasteiger partial charge < -0.3 is 10.2 Å². The predicted octanol–water partition coefficient (Wildman–Crippen LogP) is 4.67. The van der Waals surface area contributed by atoms with Crippen LogP contribution in [0.5, 0.6) is 0 Å². The van der Waals surface area contributed by atoms with Gasteiger partial charge in [-0.15, -0.1) is 0 Å². The van der Waals surface area contributed by atoms with Crippen molar-refractivity contribution in [3.63, 3.8) is 0 Å². The van der Waals surface area contributed by atoms with Crippen LogP contribution in [0.25, 0.3) is 0 Å². The lowest BCUT2D eigenvalue weighted by molar-refractivity contribution is 0.627. The van der Waals surface area contributed by atoms with Crippen molar-refractivity contribution < 1.29 is 4.39 Å². The van der Waals surface area contributed by atoms with Crippen molar-refractivity contribution in [2.75, 3.05) is 24.3 Å². The first-order valence-corrected chi connectivity index (χ1v) is 7.54. The summed E-state index contributed by atoms with van der Waals surface area (Å²) >= 11 is 2.14. The van der Waals surface area contributed by atoms with Gasteiger partial charge in [0.25, 0.3) is 0 Å². The zero-order valence-corrected chi connectivity index (χ0v) is 14.0. The molecule has 1 atom stereocenters. The second-order valence-corrected chi connectivity index (χ2v) is 6.14. The number of hydrogen-bond donors (Lipinski definition) is 1. The average Bonchev–Trinajstić information content (AvgIpc) is 2.42. The highest BCUT2D eigenvalue weighted by molar-refractivity contribution is 14.1. The molecule has 0 saturated carbocycles. The van der Waals surface area contributed by atoms with E-state index in [1.807, 2.05) is 14.1 Å². The number of benzene rings is 2. The quantitative estimate of drug-likeness (QED) is 0.771. The first kappa shape index (κ1) is 15.1. The third-order valence-electron chi connectivity index (χ3n) is 3.21. The van der Waals surface area contributed by atoms with E-state index < -0.39 is 0 Å². The van der Waals surface area contributed by atoms with E-state index in [0.29, 0.717) is 0 Å². The molecule has 0 bridgehead atoms. The summed E-state index contributed by atoms with van der Waals surface area (Å²) in [5, 5.41) is 3.41. The molecule has 2 aromatic carbocycles. The molecule has 4 heteroatoms. The van der Waals surface area contributed by atoms with Gasteiger partial charge in [-0.2, -0.15) is 0 Å². The lowest BCUT2D eigenvalue weighted by Crippen LogP contribution is -2.10. The number of nitrogens with one attached hydrogen (secondary N) is 1. The summed E-state index contributed by atoms with van der Waals surface area (Å²) < 4.78 is 14.0. The molecule has 0 heterocycles. The van der Waals surface area contributed by atoms with E-state index in [-0.39, 0.29) is 11.9 Å². The molecule has 1 unspecified atom stereocenters. The van der Waals surface area contributed by atoms with Crippen molar-refractivity contribution >= 4 is 34.0 Å². The largest absolute Gasteiger partial charge is 0.378 e. The second kappa shape index (κ2) is 6.43. The fourth-order valence-corrected chi connectivity index (χ4v) is 2.62. The van der Waals surface area contributed by atoms with E-state index in [0.717, 1.165) is 9.26 Å². The zero-order chi connectivity index (χ0) is 14.7. The number of hydrogen-bond acceptors (Lipinski definition) is 2. The Morgan fingerprint density at radius 2 is 1.75 bits per heavy atom. The van der Waals surface area contributed by atoms with Crippen LogP contribution in [0.1, 0.15) is 18.5 Å². The van der Waals surface area contributed by atoms with E-state index in [1.165, 1.54) is 23.4 Å². The molecule has 2 nitrogen and oxygen atoms in total. The Morgan fingerprint density at radius 3 is 2.30 bits per heavy atom. The molecule has 0 aromatic heterocycles. The van der Waals surface area contributed by atoms with Crippen molar-refractivity contribution in [2.24, 2.45) is 0 Å². The maximum absolute atomic E-state index is 13.1. The minimum absolute atomic E-state index is 0.171. The third-order valence-corrected chi connectivity index (χ3v) is 4.11. The predicted molar refractivity (Wildman–Crippen MR) is 91.9 cm³/mol. The monoisotopic (exact) mass is 384 g/mol. The molecular weight excluding hydrogens is 366 g/mol. The Labute approximate surface area is 133 Å². The second-order valence-electron chi connectivity index (χ2n) is 4.98. The van der Waals surface area contributed by atoms with Gasteiger partial charge in [0.15, 0.2) is 0 Å². The Bertz CT molecular complexity index is 582. The molecule has 0 aliphatic rings. The molecule has 0 spiro atoms. The number of anilines is 2. The average molecular weight is 384 g/mol. The fraction of sp³-hybridized carbons (Fsp3) is 0.250. The maximum atomic E-state index is 13.1. The van der Waals surface area contributed by atoms with Crippen molar-refractivity contribution in [1.82, 2.24) is 0 Å². The van der Waals surface area contributed by atoms with Crippen molar-refractivity contribution in [3.8, 4) is 0 Å². The standard InChI is InChI=1S/C16H18FIN2/c1-11(12-4-7-14(8-5-12)20(2)3)19-16-9-6-13(17)10-15(16)18/h4-11,19H,1-3H3. The van der Waals surface area contributed by atoms with E-state index >= 15 is 0 Å². The van der Waals surface area contributed by atoms with Crippen LogP contribution in [-0.2, 0) is 0 Å². The molecule has 0 aliphatic heterocycles. The smallest absolute Gasteiger partial charge is 0.124 e. The lowest BCUT2D eigenvalue weighted by atomic mass is 10.1. The highest BCUT2D eigenvalue weighted by Gasteiger charge is 2.08. The van der Waals surface area contributed by atoms with Gasteiger partial charge in [0.2, 0.25) is 0 Å². The fourth-order valence-electron chi connectivity index (χ4n) is 1.98. The SMILES string of the molecule is CC(Nc1ccc(F)cc1I)c1ccc(N(C)C)cc1. The van der Waals surface area contributed by atoms with Crippen LogP contribution in [-0.4, -0.2) is 14.1 Å². The minimum atomic E-state index is -0.206. The molecule has 2 aromatic rings. The summed E-state index contributed by atoms with van der Waals surface area (Å²) in [6, 6.07) is 13.4. The highest BCUT2D eigenvalue weighted by Crippen LogP contribution is 2.25. The van der Waals surface area contributed by atoms with Crippen LogP contribution in [0.4, 0.5) is 15.8 Å². The number of rotatable bonds is 4. The zero-order valence-electron chi connectivity index (χ0n) is 11.8. The van der Waals surface area contributed by atoms with Crippen LogP contribution in [0.2, 0.25) is 0 Å². The molecule has 0 saturated heterocycles. The molecule has 0 aliphatic carbocycles. The van der Waals surface area contributed by atoms with Crippen LogP contribution >= 0.6 is 22.6 Å². The van der Waals surface area contributed by atoms with Gasteiger partial charge in [-0.3, -0.25) is 0 Å². The Kier molecular flexibility index (Phi) is 4.86. The van der Waals surface area contributed by atoms with E-state index in [9.17, 15) is 4.39 Å². The molecule has 1 N–H and O–H groups in total. The van der Waals surface area contributed by atoms with Gasteiger partial charge >= 0.3 is 0 Å². The van der Waals surface area contributed by atoms with Gasteiger partial charge in [0, 0.05) is 35.1 Å². The molecular formula is C16H18FIN2. The summed E-state index contributed by atoms with van der Waals surface area (Å²) in [5.41, 5.74) is 3.34. The normalized spacial score (nSPS) is 12.1. The summed E-state index contributed by atoms with van der Waals surface area (Å²) in [6.45, 7) is 2.10. The van der Waals surface area contributed by atoms with Gasteiger partial charge in [-0.05, 0) is 65.4 Å². The Morgan fingerprint density at radius 1 is 1.10 bits per heavy atom. The van der Waals surface area contributed by atoms with Gasteiger partial charge in [0.05, 0.1) is 0 Å². The van der Waals surface area contributed by atoms with Crippen molar-refractivity contribution in [3.05, 3.63) is 57.4 Å². The van der Waals surface area contributed by atoms with Crippen LogP contribution in [0, 0.1) is 9.39 Å². The number of halogens is 2. The summed E-state index contributed by atoms with van der Waals surface area (Å²) in [6.07, 6.45) is 0. The Balaban J connectivity index is 2.13. The molecule has 0 radical (unpaired) electrons. The lowest BCUT2D eigenvalue weighted by Gasteiger charge is -2.18. The first-order valence-electron chi connectivity index (χ1n) is 6.46. The van der Waals surface area contributed by atoms with E-state index in [1.54, 1.807) is 6.07 Å². The van der Waals surface area contributed by atoms with E-state index in [4.69, 9.17) is 0 Å². The van der Waals surface area contributed by atoms with E-state index in [2.05, 4.69) is 64.0 Å². The highest BCUT2D eigenvalue weighted by atomic mass is 127. The van der Waals surface area contributed by atoms with Crippen LogP contribution in [0.15, 0.2) is 42.5 Å². The van der Waals surface area contributed by atoms with Crippen molar-refractivity contribution in [1.29, 1.82) is 0 Å². The van der Waals surface area contributed by atoms with Crippen molar-refractivity contribution in [2.45, 2.75) is 13.0 Å². The first-order chi connectivity index (χ1) is 9.47. The van der Waals surface area contributed by atoms with Crippen LogP contribution in [0.3, 0.4) is 0 Å². The molecule has 20 heavy (non-hydrogen) atoms. The molecule has 2 rings (SSSR count). The minimum Gasteiger partial charge on any atom is -0.378 e. The molecule has 106 valence electrons. The summed E-state index contributed by atoms with van der Waals surface area (Å²) in [7, 11) is 4.05. The maximum Gasteiger partial charge on any atom is 0.124 e. The van der Waals surface area contributed by atoms with Crippen LogP contribution < -0.4 is 10.2 Å². The summed E-state index contributed by atoms with van der Waals surface area (Å²) in [4.78, 5) is 2.07.